The molecule has 2 saturated heterocycles. The quantitative estimate of drug-likeness (QED) is 0.458. The Bertz CT molecular complexity index is 929. The Balaban J connectivity index is 0.000000217. The van der Waals surface area contributed by atoms with Crippen LogP contribution in [-0.4, -0.2) is 75.2 Å². The standard InChI is InChI=1S/C14H20N2O2.C8H13NO3.C6H7N/c1-18-14(17)16-9-5-6-12(11-16)10-15-13-7-3-2-4-8-13;1-12-8(11)9-4-2-3-7(5-9)6-10;7-6-4-2-1-3-5-6/h2-4,7-8,12,15H,5-6,9-11H2,1H3;6-7H,2-5H2,1H3;1-5H,7H2. The lowest BCUT2D eigenvalue weighted by atomic mass is 9.98. The van der Waals surface area contributed by atoms with Crippen molar-refractivity contribution in [1.82, 2.24) is 9.80 Å². The summed E-state index contributed by atoms with van der Waals surface area (Å²) in [6, 6.07) is 19.6. The van der Waals surface area contributed by atoms with E-state index in [4.69, 9.17) is 10.5 Å². The molecule has 0 aromatic heterocycles. The van der Waals surface area contributed by atoms with Crippen LogP contribution in [0.5, 0.6) is 0 Å². The summed E-state index contributed by atoms with van der Waals surface area (Å²) in [7, 11) is 2.79. The SMILES string of the molecule is COC(=O)N1CCCC(C=O)C1.COC(=O)N1CCCC(CNc2ccccc2)C1.Nc1ccccc1. The fourth-order valence-electron chi connectivity index (χ4n) is 4.21. The first-order valence-electron chi connectivity index (χ1n) is 12.7. The van der Waals surface area contributed by atoms with Gasteiger partial charge in [0, 0.05) is 50.0 Å². The van der Waals surface area contributed by atoms with Gasteiger partial charge in [0.15, 0.2) is 0 Å². The minimum absolute atomic E-state index is 0.00199. The van der Waals surface area contributed by atoms with E-state index >= 15 is 0 Å². The average Bonchev–Trinajstić information content (AvgIpc) is 2.97. The van der Waals surface area contributed by atoms with Gasteiger partial charge in [-0.1, -0.05) is 36.4 Å². The van der Waals surface area contributed by atoms with Crippen molar-refractivity contribution >= 4 is 29.8 Å². The van der Waals surface area contributed by atoms with Crippen molar-refractivity contribution in [2.24, 2.45) is 11.8 Å². The van der Waals surface area contributed by atoms with Crippen molar-refractivity contribution < 1.29 is 23.9 Å². The van der Waals surface area contributed by atoms with Gasteiger partial charge < -0.3 is 35.1 Å². The Hall–Kier alpha value is -3.75. The predicted molar refractivity (Wildman–Crippen MR) is 145 cm³/mol. The summed E-state index contributed by atoms with van der Waals surface area (Å²) in [4.78, 5) is 36.3. The molecule has 0 spiro atoms. The lowest BCUT2D eigenvalue weighted by Gasteiger charge is -2.31. The highest BCUT2D eigenvalue weighted by atomic mass is 16.5. The number of nitrogens with one attached hydrogen (secondary N) is 1. The molecule has 2 atom stereocenters. The number of ether oxygens (including phenoxy) is 2. The summed E-state index contributed by atoms with van der Waals surface area (Å²) in [5, 5.41) is 3.41. The Labute approximate surface area is 219 Å². The van der Waals surface area contributed by atoms with Crippen molar-refractivity contribution in [2.75, 3.05) is 58.0 Å². The maximum Gasteiger partial charge on any atom is 0.409 e. The second-order valence-corrected chi connectivity index (χ2v) is 9.04. The van der Waals surface area contributed by atoms with Crippen LogP contribution >= 0.6 is 0 Å². The number of carbonyl (C=O) groups excluding carboxylic acids is 3. The number of aldehydes is 1. The van der Waals surface area contributed by atoms with E-state index in [1.807, 2.05) is 48.5 Å². The Morgan fingerprint density at radius 1 is 0.892 bits per heavy atom. The molecule has 2 heterocycles. The van der Waals surface area contributed by atoms with Crippen molar-refractivity contribution in [1.29, 1.82) is 0 Å². The van der Waals surface area contributed by atoms with E-state index in [1.165, 1.54) is 14.2 Å². The molecule has 2 aromatic rings. The van der Waals surface area contributed by atoms with Gasteiger partial charge in [0.2, 0.25) is 0 Å². The summed E-state index contributed by atoms with van der Waals surface area (Å²) < 4.78 is 9.32. The summed E-state index contributed by atoms with van der Waals surface area (Å²) in [5.41, 5.74) is 7.31. The van der Waals surface area contributed by atoms with Crippen LogP contribution < -0.4 is 11.1 Å². The fraction of sp³-hybridized carbons (Fsp3) is 0.464. The van der Waals surface area contributed by atoms with Gasteiger partial charge in [-0.3, -0.25) is 0 Å². The van der Waals surface area contributed by atoms with Gasteiger partial charge in [0.1, 0.15) is 6.29 Å². The first-order chi connectivity index (χ1) is 18.0. The number of nitrogen functional groups attached to an aromatic ring is 1. The number of piperidine rings is 2. The predicted octanol–water partition coefficient (Wildman–Crippen LogP) is 4.51. The summed E-state index contributed by atoms with van der Waals surface area (Å²) in [6.45, 7) is 3.71. The highest BCUT2D eigenvalue weighted by Crippen LogP contribution is 2.18. The third-order valence-corrected chi connectivity index (χ3v) is 6.20. The van der Waals surface area contributed by atoms with E-state index < -0.39 is 0 Å². The summed E-state index contributed by atoms with van der Waals surface area (Å²) in [6.07, 6.45) is 4.36. The third kappa shape index (κ3) is 11.2. The van der Waals surface area contributed by atoms with Gasteiger partial charge in [-0.2, -0.15) is 0 Å². The molecule has 0 bridgehead atoms. The number of hydrogen-bond acceptors (Lipinski definition) is 7. The molecule has 37 heavy (non-hydrogen) atoms. The molecule has 0 aliphatic carbocycles. The van der Waals surface area contributed by atoms with Gasteiger partial charge in [-0.05, 0) is 55.9 Å². The van der Waals surface area contributed by atoms with Crippen molar-refractivity contribution in [3.05, 3.63) is 60.7 Å². The van der Waals surface area contributed by atoms with Gasteiger partial charge in [0.05, 0.1) is 14.2 Å². The number of nitrogens with two attached hydrogens (primary N) is 1. The monoisotopic (exact) mass is 512 g/mol. The first kappa shape index (κ1) is 29.5. The zero-order chi connectivity index (χ0) is 26.9. The van der Waals surface area contributed by atoms with E-state index in [2.05, 4.69) is 22.2 Å². The zero-order valence-corrected chi connectivity index (χ0v) is 21.9. The molecule has 2 amide bonds. The van der Waals surface area contributed by atoms with E-state index in [-0.39, 0.29) is 18.1 Å². The first-order valence-corrected chi connectivity index (χ1v) is 12.7. The second-order valence-electron chi connectivity index (χ2n) is 9.04. The minimum atomic E-state index is -0.332. The lowest BCUT2D eigenvalue weighted by Crippen LogP contribution is -2.41. The molecule has 0 saturated carbocycles. The highest BCUT2D eigenvalue weighted by Gasteiger charge is 2.24. The Morgan fingerprint density at radius 2 is 1.43 bits per heavy atom. The van der Waals surface area contributed by atoms with Crippen LogP contribution in [0.4, 0.5) is 21.0 Å². The van der Waals surface area contributed by atoms with Gasteiger partial charge in [-0.25, -0.2) is 9.59 Å². The number of methoxy groups -OCH3 is 2. The van der Waals surface area contributed by atoms with Gasteiger partial charge in [-0.15, -0.1) is 0 Å². The number of hydrogen-bond donors (Lipinski definition) is 2. The van der Waals surface area contributed by atoms with Crippen LogP contribution in [0.15, 0.2) is 60.7 Å². The fourth-order valence-corrected chi connectivity index (χ4v) is 4.21. The number of amides is 2. The largest absolute Gasteiger partial charge is 0.453 e. The minimum Gasteiger partial charge on any atom is -0.453 e. The summed E-state index contributed by atoms with van der Waals surface area (Å²) >= 11 is 0. The Kier molecular flexibility index (Phi) is 13.4. The Morgan fingerprint density at radius 3 is 1.95 bits per heavy atom. The second kappa shape index (κ2) is 16.8. The molecule has 0 radical (unpaired) electrons. The van der Waals surface area contributed by atoms with E-state index in [9.17, 15) is 14.4 Å². The molecule has 202 valence electrons. The normalized spacial score (nSPS) is 18.6. The molecule has 3 N–H and O–H groups in total. The van der Waals surface area contributed by atoms with Crippen molar-refractivity contribution in [2.45, 2.75) is 25.7 Å². The average molecular weight is 513 g/mol. The van der Waals surface area contributed by atoms with Crippen LogP contribution in [-0.2, 0) is 14.3 Å². The summed E-state index contributed by atoms with van der Waals surface area (Å²) in [5.74, 6) is 0.496. The molecular formula is C28H40N4O5. The number of carbonyl (C=O) groups is 3. The van der Waals surface area contributed by atoms with Crippen molar-refractivity contribution in [3.63, 3.8) is 0 Å². The molecule has 2 unspecified atom stereocenters. The molecule has 9 nitrogen and oxygen atoms in total. The van der Waals surface area contributed by atoms with Crippen LogP contribution in [0.3, 0.4) is 0 Å². The number of anilines is 2. The third-order valence-electron chi connectivity index (χ3n) is 6.20. The van der Waals surface area contributed by atoms with Crippen LogP contribution in [0.25, 0.3) is 0 Å². The molecule has 4 rings (SSSR count). The molecule has 2 aliphatic heterocycles. The molecular weight excluding hydrogens is 472 g/mol. The molecule has 2 aliphatic rings. The zero-order valence-electron chi connectivity index (χ0n) is 21.9. The number of para-hydroxylation sites is 2. The van der Waals surface area contributed by atoms with Crippen LogP contribution in [0.2, 0.25) is 0 Å². The molecule has 9 heteroatoms. The number of likely N-dealkylation sites (tertiary alicyclic amines) is 2. The topological polar surface area (TPSA) is 114 Å². The number of nitrogens with zero attached hydrogens (tertiary/aromatic N) is 2. The smallest absolute Gasteiger partial charge is 0.409 e. The van der Waals surface area contributed by atoms with E-state index in [0.717, 1.165) is 63.0 Å². The van der Waals surface area contributed by atoms with Gasteiger partial charge >= 0.3 is 12.2 Å². The highest BCUT2D eigenvalue weighted by molar-refractivity contribution is 5.68. The van der Waals surface area contributed by atoms with Crippen LogP contribution in [0.1, 0.15) is 25.7 Å². The maximum absolute atomic E-state index is 11.5. The van der Waals surface area contributed by atoms with Gasteiger partial charge in [0.25, 0.3) is 0 Å². The van der Waals surface area contributed by atoms with Crippen LogP contribution in [0, 0.1) is 11.8 Å². The number of rotatable bonds is 4. The maximum atomic E-state index is 11.5. The number of benzene rings is 2. The van der Waals surface area contributed by atoms with E-state index in [1.54, 1.807) is 9.80 Å². The lowest BCUT2D eigenvalue weighted by molar-refractivity contribution is -0.112. The molecule has 2 fully saturated rings. The van der Waals surface area contributed by atoms with E-state index in [0.29, 0.717) is 19.0 Å². The van der Waals surface area contributed by atoms with Crippen molar-refractivity contribution in [3.8, 4) is 0 Å². The molecule has 2 aromatic carbocycles.